The highest BCUT2D eigenvalue weighted by molar-refractivity contribution is 7.15. The van der Waals surface area contributed by atoms with Gasteiger partial charge >= 0.3 is 6.18 Å². The molecule has 0 spiro atoms. The third kappa shape index (κ3) is 4.71. The second-order valence-electron chi connectivity index (χ2n) is 5.65. The van der Waals surface area contributed by atoms with Crippen molar-refractivity contribution in [3.8, 4) is 6.07 Å². The molecule has 3 rings (SSSR count). The number of nitriles is 1. The number of amides is 1. The maximum absolute atomic E-state index is 12.8. The van der Waals surface area contributed by atoms with Crippen molar-refractivity contribution in [1.82, 2.24) is 4.98 Å². The van der Waals surface area contributed by atoms with E-state index in [9.17, 15) is 18.0 Å². The first-order chi connectivity index (χ1) is 12.8. The minimum atomic E-state index is -4.38. The van der Waals surface area contributed by atoms with Crippen LogP contribution in [0.15, 0.2) is 54.7 Å². The Balaban J connectivity index is 1.68. The van der Waals surface area contributed by atoms with Crippen LogP contribution in [0.5, 0.6) is 0 Å². The highest BCUT2D eigenvalue weighted by Crippen LogP contribution is 2.30. The Hall–Kier alpha value is -3.18. The van der Waals surface area contributed by atoms with E-state index in [0.29, 0.717) is 21.8 Å². The van der Waals surface area contributed by atoms with Crippen LogP contribution in [-0.2, 0) is 12.6 Å². The average Bonchev–Trinajstić information content (AvgIpc) is 3.08. The van der Waals surface area contributed by atoms with Gasteiger partial charge in [-0.25, -0.2) is 4.98 Å². The fourth-order valence-corrected chi connectivity index (χ4v) is 3.21. The molecule has 0 aliphatic rings. The number of carbonyl (C=O) groups is 1. The molecule has 0 unspecified atom stereocenters. The largest absolute Gasteiger partial charge is 0.416 e. The first kappa shape index (κ1) is 18.6. The lowest BCUT2D eigenvalue weighted by atomic mass is 10.1. The number of hydrogen-bond acceptors (Lipinski definition) is 4. The van der Waals surface area contributed by atoms with Crippen molar-refractivity contribution in [3.63, 3.8) is 0 Å². The van der Waals surface area contributed by atoms with Crippen LogP contribution in [0.1, 0.15) is 31.9 Å². The van der Waals surface area contributed by atoms with E-state index in [2.05, 4.69) is 10.3 Å². The lowest BCUT2D eigenvalue weighted by Crippen LogP contribution is -2.11. The summed E-state index contributed by atoms with van der Waals surface area (Å²) in [5, 5.41) is 11.8. The monoisotopic (exact) mass is 387 g/mol. The molecule has 27 heavy (non-hydrogen) atoms. The van der Waals surface area contributed by atoms with Gasteiger partial charge in [0.2, 0.25) is 0 Å². The number of nitrogens with zero attached hydrogens (tertiary/aromatic N) is 2. The Morgan fingerprint density at radius 3 is 2.59 bits per heavy atom. The maximum Gasteiger partial charge on any atom is 0.416 e. The smallest absolute Gasteiger partial charge is 0.298 e. The number of hydrogen-bond donors (Lipinski definition) is 1. The number of rotatable bonds is 4. The molecule has 1 amide bonds. The molecule has 1 aromatic heterocycles. The fraction of sp³-hybridized carbons (Fsp3) is 0.105. The molecule has 0 radical (unpaired) electrons. The van der Waals surface area contributed by atoms with Gasteiger partial charge in [-0.05, 0) is 35.9 Å². The molecule has 2 aromatic carbocycles. The third-order valence-corrected chi connectivity index (χ3v) is 4.60. The van der Waals surface area contributed by atoms with E-state index in [1.54, 1.807) is 6.07 Å². The molecule has 4 nitrogen and oxygen atoms in total. The summed E-state index contributed by atoms with van der Waals surface area (Å²) in [4.78, 5) is 17.0. The Morgan fingerprint density at radius 2 is 1.93 bits per heavy atom. The van der Waals surface area contributed by atoms with E-state index in [1.165, 1.54) is 47.9 Å². The summed E-state index contributed by atoms with van der Waals surface area (Å²) in [5.41, 5.74) is 0.644. The second-order valence-corrected chi connectivity index (χ2v) is 6.77. The van der Waals surface area contributed by atoms with Crippen LogP contribution in [0.3, 0.4) is 0 Å². The number of benzene rings is 2. The maximum atomic E-state index is 12.8. The van der Waals surface area contributed by atoms with Crippen LogP contribution in [0.25, 0.3) is 0 Å². The third-order valence-electron chi connectivity index (χ3n) is 3.68. The molecule has 0 aliphatic heterocycles. The Bertz CT molecular complexity index is 1000. The van der Waals surface area contributed by atoms with Gasteiger partial charge in [0.05, 0.1) is 17.2 Å². The van der Waals surface area contributed by atoms with Gasteiger partial charge < -0.3 is 0 Å². The summed E-state index contributed by atoms with van der Waals surface area (Å²) >= 11 is 1.20. The van der Waals surface area contributed by atoms with Gasteiger partial charge in [0.15, 0.2) is 5.13 Å². The Labute approximate surface area is 156 Å². The van der Waals surface area contributed by atoms with Crippen molar-refractivity contribution >= 4 is 22.4 Å². The molecule has 3 aromatic rings. The quantitative estimate of drug-likeness (QED) is 0.694. The van der Waals surface area contributed by atoms with Crippen LogP contribution in [0, 0.1) is 11.3 Å². The van der Waals surface area contributed by atoms with Gasteiger partial charge in [0, 0.05) is 23.1 Å². The zero-order chi connectivity index (χ0) is 19.4. The zero-order valence-corrected chi connectivity index (χ0v) is 14.6. The standard InChI is InChI=1S/C19H12F3N3OS/c20-19(21,22)15-3-1-2-13(8-15)9-16-11-24-18(27-16)25-17(26)14-6-4-12(10-23)5-7-14/h1-8,11H,9H2,(H,24,25,26). The van der Waals surface area contributed by atoms with Crippen LogP contribution in [0.2, 0.25) is 0 Å². The van der Waals surface area contributed by atoms with Crippen molar-refractivity contribution in [2.45, 2.75) is 12.6 Å². The zero-order valence-electron chi connectivity index (χ0n) is 13.7. The molecule has 8 heteroatoms. The van der Waals surface area contributed by atoms with Crippen LogP contribution >= 0.6 is 11.3 Å². The highest BCUT2D eigenvalue weighted by atomic mass is 32.1. The number of thiazole rings is 1. The lowest BCUT2D eigenvalue weighted by Gasteiger charge is -2.07. The van der Waals surface area contributed by atoms with Gasteiger partial charge in [-0.15, -0.1) is 11.3 Å². The van der Waals surface area contributed by atoms with Crippen molar-refractivity contribution in [2.24, 2.45) is 0 Å². The molecule has 0 fully saturated rings. The van der Waals surface area contributed by atoms with Gasteiger partial charge in [-0.3, -0.25) is 10.1 Å². The molecule has 136 valence electrons. The van der Waals surface area contributed by atoms with Gasteiger partial charge in [-0.1, -0.05) is 18.2 Å². The van der Waals surface area contributed by atoms with Crippen LogP contribution in [-0.4, -0.2) is 10.9 Å². The normalized spacial score (nSPS) is 11.0. The topological polar surface area (TPSA) is 65.8 Å². The first-order valence-corrected chi connectivity index (χ1v) is 8.59. The Kier molecular flexibility index (Phi) is 5.23. The van der Waals surface area contributed by atoms with Crippen LogP contribution in [0.4, 0.5) is 18.3 Å². The van der Waals surface area contributed by atoms with Crippen molar-refractivity contribution in [3.05, 3.63) is 81.9 Å². The number of alkyl halides is 3. The molecule has 1 N–H and O–H groups in total. The number of anilines is 1. The number of carbonyl (C=O) groups excluding carboxylic acids is 1. The lowest BCUT2D eigenvalue weighted by molar-refractivity contribution is -0.137. The SMILES string of the molecule is N#Cc1ccc(C(=O)Nc2ncc(Cc3cccc(C(F)(F)F)c3)s2)cc1. The molecule has 1 heterocycles. The van der Waals surface area contributed by atoms with Crippen molar-refractivity contribution in [1.29, 1.82) is 5.26 Å². The van der Waals surface area contributed by atoms with E-state index in [-0.39, 0.29) is 12.3 Å². The molecular formula is C19H12F3N3OS. The summed E-state index contributed by atoms with van der Waals surface area (Å²) in [7, 11) is 0. The van der Waals surface area contributed by atoms with E-state index >= 15 is 0 Å². The summed E-state index contributed by atoms with van der Waals surface area (Å²) in [6.45, 7) is 0. The summed E-state index contributed by atoms with van der Waals surface area (Å²) in [6, 6.07) is 13.2. The number of nitrogens with one attached hydrogen (secondary N) is 1. The predicted octanol–water partition coefficient (Wildman–Crippen LogP) is 4.88. The highest BCUT2D eigenvalue weighted by Gasteiger charge is 2.30. The predicted molar refractivity (Wildman–Crippen MR) is 95.5 cm³/mol. The van der Waals surface area contributed by atoms with Crippen LogP contribution < -0.4 is 5.32 Å². The number of halogens is 3. The molecule has 0 saturated carbocycles. The average molecular weight is 387 g/mol. The summed E-state index contributed by atoms with van der Waals surface area (Å²) in [6.07, 6.45) is -2.57. The molecule has 0 aliphatic carbocycles. The first-order valence-electron chi connectivity index (χ1n) is 7.77. The van der Waals surface area contributed by atoms with Crippen molar-refractivity contribution in [2.75, 3.05) is 5.32 Å². The van der Waals surface area contributed by atoms with E-state index in [4.69, 9.17) is 5.26 Å². The van der Waals surface area contributed by atoms with E-state index in [1.807, 2.05) is 6.07 Å². The molecular weight excluding hydrogens is 375 g/mol. The Morgan fingerprint density at radius 1 is 1.19 bits per heavy atom. The van der Waals surface area contributed by atoms with E-state index < -0.39 is 11.7 Å². The minimum absolute atomic E-state index is 0.286. The minimum Gasteiger partial charge on any atom is -0.298 e. The number of aromatic nitrogens is 1. The molecule has 0 atom stereocenters. The van der Waals surface area contributed by atoms with Gasteiger partial charge in [0.25, 0.3) is 5.91 Å². The van der Waals surface area contributed by atoms with Gasteiger partial charge in [-0.2, -0.15) is 18.4 Å². The van der Waals surface area contributed by atoms with Gasteiger partial charge in [0.1, 0.15) is 0 Å². The fourth-order valence-electron chi connectivity index (χ4n) is 2.37. The summed E-state index contributed by atoms with van der Waals surface area (Å²) in [5.74, 6) is -0.376. The summed E-state index contributed by atoms with van der Waals surface area (Å²) < 4.78 is 38.4. The van der Waals surface area contributed by atoms with Crippen molar-refractivity contribution < 1.29 is 18.0 Å². The molecule has 0 saturated heterocycles. The molecule has 0 bridgehead atoms. The second kappa shape index (κ2) is 7.60. The van der Waals surface area contributed by atoms with E-state index in [0.717, 1.165) is 17.0 Å².